The van der Waals surface area contributed by atoms with Crippen molar-refractivity contribution in [1.82, 2.24) is 0 Å². The summed E-state index contributed by atoms with van der Waals surface area (Å²) in [6, 6.07) is 95.5. The van der Waals surface area contributed by atoms with Gasteiger partial charge >= 0.3 is 0 Å². The molecule has 0 unspecified atom stereocenters. The first-order valence-corrected chi connectivity index (χ1v) is 34.0. The Labute approximate surface area is 546 Å². The number of benzene rings is 12. The van der Waals surface area contributed by atoms with E-state index in [0.717, 1.165) is 44.5 Å². The van der Waals surface area contributed by atoms with Crippen molar-refractivity contribution < 1.29 is 0 Å². The van der Waals surface area contributed by atoms with Gasteiger partial charge in [-0.1, -0.05) is 249 Å². The zero-order valence-electron chi connectivity index (χ0n) is 52.1. The Morgan fingerprint density at radius 2 is 0.584 bits per heavy atom. The molecule has 4 heteroatoms. The summed E-state index contributed by atoms with van der Waals surface area (Å²) in [5, 5.41) is 4.96. The predicted octanol–water partition coefficient (Wildman–Crippen LogP) is 26.8. The highest BCUT2D eigenvalue weighted by Gasteiger charge is 2.20. The third-order valence-electron chi connectivity index (χ3n) is 17.9. The second-order valence-corrected chi connectivity index (χ2v) is 26.1. The van der Waals surface area contributed by atoms with E-state index >= 15 is 0 Å². The molecule has 0 amide bonds. The van der Waals surface area contributed by atoms with E-state index in [0.29, 0.717) is 0 Å². The van der Waals surface area contributed by atoms with Gasteiger partial charge in [0.1, 0.15) is 0 Å². The number of anilines is 6. The maximum absolute atomic E-state index is 3.63. The summed E-state index contributed by atoms with van der Waals surface area (Å²) in [6.45, 7) is 9.15. The van der Waals surface area contributed by atoms with Crippen molar-refractivity contribution in [3.8, 4) is 55.6 Å². The molecule has 0 aliphatic heterocycles. The molecular formula is C85H80Br2N2. The second kappa shape index (κ2) is 28.9. The Morgan fingerprint density at radius 3 is 0.978 bits per heavy atom. The van der Waals surface area contributed by atoms with Crippen LogP contribution in [0, 0.1) is 13.8 Å². The van der Waals surface area contributed by atoms with Crippen LogP contribution in [-0.2, 0) is 12.8 Å². The summed E-state index contributed by atoms with van der Waals surface area (Å²) in [7, 11) is 0. The molecule has 89 heavy (non-hydrogen) atoms. The van der Waals surface area contributed by atoms with E-state index in [1.165, 1.54) is 181 Å². The number of aryl methyl sites for hydroxylation is 4. The van der Waals surface area contributed by atoms with Crippen molar-refractivity contribution in [1.29, 1.82) is 0 Å². The highest BCUT2D eigenvalue weighted by atomic mass is 79.9. The fourth-order valence-electron chi connectivity index (χ4n) is 13.1. The van der Waals surface area contributed by atoms with E-state index in [2.05, 4.69) is 324 Å². The van der Waals surface area contributed by atoms with Gasteiger partial charge in [0.25, 0.3) is 0 Å². The number of halogens is 2. The van der Waals surface area contributed by atoms with Gasteiger partial charge in [0, 0.05) is 43.1 Å². The summed E-state index contributed by atoms with van der Waals surface area (Å²) >= 11 is 7.26. The van der Waals surface area contributed by atoms with Gasteiger partial charge in [0.05, 0.1) is 0 Å². The Morgan fingerprint density at radius 1 is 0.270 bits per heavy atom. The van der Waals surface area contributed by atoms with Gasteiger partial charge in [-0.2, -0.15) is 0 Å². The Balaban J connectivity index is 0.904. The molecule has 0 aliphatic rings. The number of nitrogens with zero attached hydrogens (tertiary/aromatic N) is 2. The van der Waals surface area contributed by atoms with Crippen LogP contribution in [0.3, 0.4) is 0 Å². The molecule has 12 rings (SSSR count). The number of rotatable bonds is 24. The summed E-state index contributed by atoms with van der Waals surface area (Å²) in [6.07, 6.45) is 16.2. The molecule has 0 saturated carbocycles. The number of hydrogen-bond donors (Lipinski definition) is 0. The molecule has 12 aromatic carbocycles. The van der Waals surface area contributed by atoms with Crippen LogP contribution in [0.4, 0.5) is 34.1 Å². The number of hydrogen-bond acceptors (Lipinski definition) is 2. The summed E-state index contributed by atoms with van der Waals surface area (Å²) in [4.78, 5) is 4.88. The minimum absolute atomic E-state index is 1.08. The molecule has 12 aromatic rings. The van der Waals surface area contributed by atoms with E-state index in [-0.39, 0.29) is 0 Å². The molecule has 0 aromatic heterocycles. The molecule has 444 valence electrons. The van der Waals surface area contributed by atoms with Crippen LogP contribution in [0.1, 0.15) is 107 Å². The van der Waals surface area contributed by atoms with Crippen LogP contribution in [0.15, 0.2) is 264 Å². The van der Waals surface area contributed by atoms with E-state index in [1.807, 2.05) is 0 Å². The Kier molecular flexibility index (Phi) is 19.8. The monoisotopic (exact) mass is 1290 g/mol. The molecule has 2 nitrogen and oxygen atoms in total. The molecule has 0 radical (unpaired) electrons. The van der Waals surface area contributed by atoms with Gasteiger partial charge in [-0.25, -0.2) is 0 Å². The predicted molar refractivity (Wildman–Crippen MR) is 392 cm³/mol. The normalized spacial score (nSPS) is 11.4. The zero-order valence-corrected chi connectivity index (χ0v) is 55.3. The van der Waals surface area contributed by atoms with Crippen LogP contribution < -0.4 is 9.80 Å². The Bertz CT molecular complexity index is 4350. The van der Waals surface area contributed by atoms with Crippen molar-refractivity contribution in [3.63, 3.8) is 0 Å². The lowest BCUT2D eigenvalue weighted by Gasteiger charge is -2.27. The van der Waals surface area contributed by atoms with Crippen LogP contribution in [0.5, 0.6) is 0 Å². The molecule has 0 aliphatic carbocycles. The van der Waals surface area contributed by atoms with E-state index in [9.17, 15) is 0 Å². The van der Waals surface area contributed by atoms with Crippen LogP contribution >= 0.6 is 31.9 Å². The third kappa shape index (κ3) is 14.4. The average Bonchev–Trinajstić information content (AvgIpc) is 0.876. The lowest BCUT2D eigenvalue weighted by molar-refractivity contribution is 0.607. The fraction of sp³-hybridized carbons (Fsp3) is 0.200. The summed E-state index contributed by atoms with van der Waals surface area (Å²) in [5.41, 5.74) is 24.2. The van der Waals surface area contributed by atoms with Gasteiger partial charge in [0.2, 0.25) is 0 Å². The fourth-order valence-corrected chi connectivity index (χ4v) is 13.6. The van der Waals surface area contributed by atoms with E-state index < -0.39 is 0 Å². The number of unbranched alkanes of at least 4 members (excludes halogenated alkanes) is 9. The highest BCUT2D eigenvalue weighted by Crippen LogP contribution is 2.45. The standard InChI is InChI=1S/C85H80Br2N2/c1-5-7-9-11-13-15-21-63-23-17-27-79(55-63)89(77-52-44-67(45-53-77)65-40-48-75(87)49-41-65)81-29-19-25-71(57-81)73-37-35-69-33-31-61(4)85(83(69)59-73)84-60(3)30-32-68-34-36-72(58-82(68)84)70-24-18-28-80(56-70)88(78-26-16-22-62(54-78)20-14-12-10-8-6-2)76-50-42-66(43-51-76)64-38-46-74(86)47-39-64/h16-19,22-59H,5-15,20-21H2,1-4H3. The van der Waals surface area contributed by atoms with Gasteiger partial charge in [-0.05, 0) is 248 Å². The van der Waals surface area contributed by atoms with Gasteiger partial charge < -0.3 is 9.80 Å². The first kappa shape index (κ1) is 61.0. The maximum Gasteiger partial charge on any atom is 0.0467 e. The smallest absolute Gasteiger partial charge is 0.0467 e. The van der Waals surface area contributed by atoms with E-state index in [4.69, 9.17) is 0 Å². The van der Waals surface area contributed by atoms with Crippen LogP contribution in [-0.4, -0.2) is 0 Å². The lowest BCUT2D eigenvalue weighted by atomic mass is 9.86. The first-order valence-electron chi connectivity index (χ1n) is 32.5. The highest BCUT2D eigenvalue weighted by molar-refractivity contribution is 9.10. The molecule has 0 fully saturated rings. The maximum atomic E-state index is 3.63. The average molecular weight is 1290 g/mol. The lowest BCUT2D eigenvalue weighted by Crippen LogP contribution is -2.10. The SMILES string of the molecule is CCCCCCCCc1cccc(N(c2ccc(-c3ccc(Br)cc3)cc2)c2cccc(-c3ccc4ccc(C)c(-c5c(C)ccc6ccc(-c7cccc(N(c8ccc(-c9ccc(Br)cc9)cc8)c8cccc(CCCCCCC)c8)c7)cc56)c4c3)c2)c1. The molecule has 0 N–H and O–H groups in total. The minimum atomic E-state index is 1.08. The van der Waals surface area contributed by atoms with Crippen LogP contribution in [0.25, 0.3) is 77.2 Å². The summed E-state index contributed by atoms with van der Waals surface area (Å²) < 4.78 is 2.16. The van der Waals surface area contributed by atoms with Gasteiger partial charge in [-0.3, -0.25) is 0 Å². The quantitative estimate of drug-likeness (QED) is 0.0557. The third-order valence-corrected chi connectivity index (χ3v) is 19.0. The topological polar surface area (TPSA) is 6.48 Å². The van der Waals surface area contributed by atoms with Crippen molar-refractivity contribution >= 4 is 87.5 Å². The minimum Gasteiger partial charge on any atom is -0.310 e. The molecule has 0 spiro atoms. The number of fused-ring (bicyclic) bond motifs is 2. The molecule has 0 bridgehead atoms. The summed E-state index contributed by atoms with van der Waals surface area (Å²) in [5.74, 6) is 0. The largest absolute Gasteiger partial charge is 0.310 e. The van der Waals surface area contributed by atoms with Gasteiger partial charge in [0.15, 0.2) is 0 Å². The van der Waals surface area contributed by atoms with Crippen molar-refractivity contribution in [3.05, 3.63) is 286 Å². The first-order chi connectivity index (χ1) is 43.7. The van der Waals surface area contributed by atoms with Crippen molar-refractivity contribution in [2.45, 2.75) is 111 Å². The van der Waals surface area contributed by atoms with E-state index in [1.54, 1.807) is 0 Å². The van der Waals surface area contributed by atoms with Crippen molar-refractivity contribution in [2.75, 3.05) is 9.80 Å². The van der Waals surface area contributed by atoms with Crippen LogP contribution in [0.2, 0.25) is 0 Å². The zero-order chi connectivity index (χ0) is 61.1. The molecule has 0 heterocycles. The van der Waals surface area contributed by atoms with Gasteiger partial charge in [-0.15, -0.1) is 0 Å². The van der Waals surface area contributed by atoms with Crippen molar-refractivity contribution in [2.24, 2.45) is 0 Å². The Hall–Kier alpha value is -8.28. The second-order valence-electron chi connectivity index (χ2n) is 24.3. The molecule has 0 atom stereocenters. The molecular weight excluding hydrogens is 1210 g/mol. The molecule has 0 saturated heterocycles.